The van der Waals surface area contributed by atoms with E-state index in [1.165, 1.54) is 5.56 Å². The molecule has 1 aromatic rings. The van der Waals surface area contributed by atoms with Gasteiger partial charge in [-0.1, -0.05) is 41.9 Å². The fraction of sp³-hybridized carbons (Fsp3) is 0.538. The Kier molecular flexibility index (Phi) is 4.81. The Morgan fingerprint density at radius 1 is 1.27 bits per heavy atom. The summed E-state index contributed by atoms with van der Waals surface area (Å²) in [6.45, 7) is 6.21. The van der Waals surface area contributed by atoms with E-state index >= 15 is 0 Å². The average molecular weight is 271 g/mol. The predicted octanol–water partition coefficient (Wildman–Crippen LogP) is 4.41. The summed E-state index contributed by atoms with van der Waals surface area (Å²) in [7, 11) is 0. The van der Waals surface area contributed by atoms with Gasteiger partial charge in [0.1, 0.15) is 0 Å². The summed E-state index contributed by atoms with van der Waals surface area (Å²) < 4.78 is 1.12. The minimum absolute atomic E-state index is 0.392. The molecule has 0 radical (unpaired) electrons. The number of aliphatic hydroxyl groups excluding tert-OH is 1. The second-order valence-corrected chi connectivity index (χ2v) is 4.82. The molecule has 2 heteroatoms. The highest BCUT2D eigenvalue weighted by atomic mass is 79.9. The molecule has 1 aromatic carbocycles. The summed E-state index contributed by atoms with van der Waals surface area (Å²) in [6, 6.07) is 6.17. The summed E-state index contributed by atoms with van der Waals surface area (Å²) in [5.74, 6) is 0.613. The number of hydrogen-bond donors (Lipinski definition) is 1. The molecule has 0 aliphatic rings. The molecule has 1 nitrogen and oxygen atoms in total. The lowest BCUT2D eigenvalue weighted by Gasteiger charge is -2.16. The highest BCUT2D eigenvalue weighted by Crippen LogP contribution is 2.31. The van der Waals surface area contributed by atoms with E-state index in [9.17, 15) is 5.11 Å². The molecule has 0 amide bonds. The van der Waals surface area contributed by atoms with Crippen LogP contribution in [0.5, 0.6) is 0 Å². The van der Waals surface area contributed by atoms with E-state index in [4.69, 9.17) is 0 Å². The van der Waals surface area contributed by atoms with Crippen LogP contribution in [0.4, 0.5) is 0 Å². The maximum atomic E-state index is 9.47. The Hall–Kier alpha value is -0.340. The van der Waals surface area contributed by atoms with Crippen LogP contribution in [0.3, 0.4) is 0 Å². The van der Waals surface area contributed by atoms with Gasteiger partial charge in [-0.05, 0) is 42.9 Å². The summed E-state index contributed by atoms with van der Waals surface area (Å²) >= 11 is 3.59. The molecule has 1 unspecified atom stereocenters. The second kappa shape index (κ2) is 5.66. The van der Waals surface area contributed by atoms with Crippen molar-refractivity contribution in [2.45, 2.75) is 45.6 Å². The van der Waals surface area contributed by atoms with E-state index in [1.807, 2.05) is 12.1 Å². The van der Waals surface area contributed by atoms with E-state index < -0.39 is 6.10 Å². The fourth-order valence-electron chi connectivity index (χ4n) is 1.86. The summed E-state index contributed by atoms with van der Waals surface area (Å²) in [4.78, 5) is 0. The monoisotopic (exact) mass is 270 g/mol. The standard InChI is InChI=1S/C13H19BrO/c1-4-10(5-2)12-7-6-11(9(3)15)8-13(12)14/h6-10,15H,4-5H2,1-3H3. The molecule has 1 rings (SSSR count). The van der Waals surface area contributed by atoms with Crippen LogP contribution in [-0.4, -0.2) is 5.11 Å². The lowest BCUT2D eigenvalue weighted by atomic mass is 9.93. The van der Waals surface area contributed by atoms with Crippen molar-refractivity contribution in [3.05, 3.63) is 33.8 Å². The second-order valence-electron chi connectivity index (χ2n) is 3.97. The molecule has 1 N–H and O–H groups in total. The highest BCUT2D eigenvalue weighted by Gasteiger charge is 2.12. The Bertz CT molecular complexity index is 316. The van der Waals surface area contributed by atoms with E-state index in [2.05, 4.69) is 35.8 Å². The number of hydrogen-bond acceptors (Lipinski definition) is 1. The SMILES string of the molecule is CCC(CC)c1ccc(C(C)O)cc1Br. The quantitative estimate of drug-likeness (QED) is 0.860. The van der Waals surface area contributed by atoms with Gasteiger partial charge in [-0.2, -0.15) is 0 Å². The minimum atomic E-state index is -0.392. The van der Waals surface area contributed by atoms with Gasteiger partial charge in [-0.3, -0.25) is 0 Å². The molecule has 0 spiro atoms. The first-order chi connectivity index (χ1) is 7.10. The van der Waals surface area contributed by atoms with Crippen LogP contribution in [0.25, 0.3) is 0 Å². The predicted molar refractivity (Wildman–Crippen MR) is 68.1 cm³/mol. The van der Waals surface area contributed by atoms with Gasteiger partial charge in [0, 0.05) is 4.47 Å². The largest absolute Gasteiger partial charge is 0.389 e. The van der Waals surface area contributed by atoms with E-state index in [0.717, 1.165) is 22.9 Å². The van der Waals surface area contributed by atoms with Gasteiger partial charge < -0.3 is 5.11 Å². The first-order valence-electron chi connectivity index (χ1n) is 5.57. The minimum Gasteiger partial charge on any atom is -0.389 e. The maximum Gasteiger partial charge on any atom is 0.0762 e. The number of rotatable bonds is 4. The van der Waals surface area contributed by atoms with Gasteiger partial charge >= 0.3 is 0 Å². The molecule has 0 saturated heterocycles. The smallest absolute Gasteiger partial charge is 0.0762 e. The van der Waals surface area contributed by atoms with Gasteiger partial charge in [0.25, 0.3) is 0 Å². The molecule has 84 valence electrons. The van der Waals surface area contributed by atoms with Gasteiger partial charge in [-0.15, -0.1) is 0 Å². The van der Waals surface area contributed by atoms with Crippen molar-refractivity contribution in [1.29, 1.82) is 0 Å². The van der Waals surface area contributed by atoms with Crippen molar-refractivity contribution in [1.82, 2.24) is 0 Å². The topological polar surface area (TPSA) is 20.2 Å². The molecule has 0 saturated carbocycles. The molecular weight excluding hydrogens is 252 g/mol. The molecule has 15 heavy (non-hydrogen) atoms. The Labute approximate surface area is 101 Å². The van der Waals surface area contributed by atoms with Crippen LogP contribution in [0.2, 0.25) is 0 Å². The van der Waals surface area contributed by atoms with E-state index in [0.29, 0.717) is 5.92 Å². The maximum absolute atomic E-state index is 9.47. The zero-order valence-corrected chi connectivity index (χ0v) is 11.2. The number of benzene rings is 1. The van der Waals surface area contributed by atoms with Gasteiger partial charge in [0.2, 0.25) is 0 Å². The number of halogens is 1. The first-order valence-corrected chi connectivity index (χ1v) is 6.36. The number of aliphatic hydroxyl groups is 1. The third-order valence-corrected chi connectivity index (χ3v) is 3.62. The van der Waals surface area contributed by atoms with Crippen molar-refractivity contribution in [2.24, 2.45) is 0 Å². The van der Waals surface area contributed by atoms with Gasteiger partial charge in [0.05, 0.1) is 6.10 Å². The lowest BCUT2D eigenvalue weighted by Crippen LogP contribution is -1.99. The zero-order chi connectivity index (χ0) is 11.4. The zero-order valence-electron chi connectivity index (χ0n) is 9.63. The average Bonchev–Trinajstić information content (AvgIpc) is 2.21. The molecule has 0 aromatic heterocycles. The van der Waals surface area contributed by atoms with Gasteiger partial charge in [-0.25, -0.2) is 0 Å². The summed E-state index contributed by atoms with van der Waals surface area (Å²) in [5.41, 5.74) is 2.32. The normalized spacial score (nSPS) is 13.2. The van der Waals surface area contributed by atoms with Gasteiger partial charge in [0.15, 0.2) is 0 Å². The van der Waals surface area contributed by atoms with Crippen molar-refractivity contribution in [2.75, 3.05) is 0 Å². The Morgan fingerprint density at radius 2 is 1.87 bits per heavy atom. The fourth-order valence-corrected chi connectivity index (χ4v) is 2.58. The molecular formula is C13H19BrO. The van der Waals surface area contributed by atoms with E-state index in [-0.39, 0.29) is 0 Å². The van der Waals surface area contributed by atoms with Crippen molar-refractivity contribution < 1.29 is 5.11 Å². The lowest BCUT2D eigenvalue weighted by molar-refractivity contribution is 0.199. The van der Waals surface area contributed by atoms with Crippen molar-refractivity contribution >= 4 is 15.9 Å². The summed E-state index contributed by atoms with van der Waals surface area (Å²) in [5, 5.41) is 9.47. The van der Waals surface area contributed by atoms with Crippen LogP contribution in [0.15, 0.2) is 22.7 Å². The highest BCUT2D eigenvalue weighted by molar-refractivity contribution is 9.10. The third-order valence-electron chi connectivity index (χ3n) is 2.93. The summed E-state index contributed by atoms with van der Waals surface area (Å²) in [6.07, 6.45) is 1.92. The van der Waals surface area contributed by atoms with Crippen molar-refractivity contribution in [3.63, 3.8) is 0 Å². The Balaban J connectivity index is 3.02. The molecule has 1 atom stereocenters. The third kappa shape index (κ3) is 3.05. The van der Waals surface area contributed by atoms with Crippen LogP contribution in [0.1, 0.15) is 56.8 Å². The van der Waals surface area contributed by atoms with Crippen LogP contribution >= 0.6 is 15.9 Å². The molecule has 0 aliphatic heterocycles. The van der Waals surface area contributed by atoms with Crippen LogP contribution in [-0.2, 0) is 0 Å². The molecule has 0 bridgehead atoms. The molecule has 0 fully saturated rings. The molecule has 0 heterocycles. The first kappa shape index (κ1) is 12.7. The molecule has 0 aliphatic carbocycles. The van der Waals surface area contributed by atoms with Crippen molar-refractivity contribution in [3.8, 4) is 0 Å². The van der Waals surface area contributed by atoms with E-state index in [1.54, 1.807) is 6.92 Å². The Morgan fingerprint density at radius 3 is 2.27 bits per heavy atom. The van der Waals surface area contributed by atoms with Crippen LogP contribution in [0, 0.1) is 0 Å². The van der Waals surface area contributed by atoms with Crippen LogP contribution < -0.4 is 0 Å².